The number of hydrogen-bond donors (Lipinski definition) is 2. The molecule has 5 nitrogen and oxygen atoms in total. The molecule has 2 atom stereocenters. The van der Waals surface area contributed by atoms with Crippen molar-refractivity contribution in [3.63, 3.8) is 0 Å². The summed E-state index contributed by atoms with van der Waals surface area (Å²) >= 11 is 0. The van der Waals surface area contributed by atoms with Gasteiger partial charge in [-0.15, -0.1) is 0 Å². The van der Waals surface area contributed by atoms with Gasteiger partial charge in [-0.3, -0.25) is 5.41 Å². The summed E-state index contributed by atoms with van der Waals surface area (Å²) in [5.41, 5.74) is -0.170. The van der Waals surface area contributed by atoms with Crippen LogP contribution in [0.2, 0.25) is 0 Å². The average molecular weight is 422 g/mol. The molecule has 0 saturated carbocycles. The van der Waals surface area contributed by atoms with E-state index in [1.807, 2.05) is 32.9 Å². The van der Waals surface area contributed by atoms with E-state index in [2.05, 4.69) is 5.32 Å². The molecule has 156 valence electrons. The maximum Gasteiger partial charge on any atom is 0.246 e. The minimum atomic E-state index is -4.05. The average Bonchev–Trinajstić information content (AvgIpc) is 2.59. The number of benzene rings is 2. The molecule has 0 unspecified atom stereocenters. The fourth-order valence-corrected chi connectivity index (χ4v) is 5.65. The van der Waals surface area contributed by atoms with Crippen molar-refractivity contribution in [2.45, 2.75) is 43.9 Å². The van der Waals surface area contributed by atoms with Crippen LogP contribution in [0.4, 0.5) is 8.78 Å². The van der Waals surface area contributed by atoms with E-state index < -0.39 is 32.4 Å². The summed E-state index contributed by atoms with van der Waals surface area (Å²) in [5.74, 6) is -2.01. The predicted octanol–water partition coefficient (Wildman–Crippen LogP) is 4.02. The van der Waals surface area contributed by atoms with Crippen molar-refractivity contribution in [2.75, 3.05) is 7.05 Å². The minimum Gasteiger partial charge on any atom is -0.345 e. The lowest BCUT2D eigenvalue weighted by Gasteiger charge is -2.46. The van der Waals surface area contributed by atoms with Crippen LogP contribution in [0.25, 0.3) is 0 Å². The van der Waals surface area contributed by atoms with Crippen molar-refractivity contribution < 1.29 is 17.2 Å². The molecule has 0 aliphatic carbocycles. The van der Waals surface area contributed by atoms with Gasteiger partial charge in [0.15, 0.2) is 0 Å². The monoisotopic (exact) mass is 421 g/mol. The molecular formula is C21H25F2N3O2S. The van der Waals surface area contributed by atoms with Crippen molar-refractivity contribution in [3.8, 4) is 0 Å². The van der Waals surface area contributed by atoms with E-state index in [9.17, 15) is 17.2 Å². The molecule has 0 amide bonds. The van der Waals surface area contributed by atoms with Gasteiger partial charge in [0.2, 0.25) is 16.0 Å². The Morgan fingerprint density at radius 3 is 2.21 bits per heavy atom. The minimum absolute atomic E-state index is 0.0229. The molecule has 2 aromatic rings. The van der Waals surface area contributed by atoms with Crippen LogP contribution < -0.4 is 5.32 Å². The maximum absolute atomic E-state index is 14.7. The second-order valence-corrected chi connectivity index (χ2v) is 10.6. The molecule has 0 aromatic heterocycles. The highest BCUT2D eigenvalue weighted by molar-refractivity contribution is 7.90. The Morgan fingerprint density at radius 2 is 1.69 bits per heavy atom. The van der Waals surface area contributed by atoms with Gasteiger partial charge in [-0.05, 0) is 29.5 Å². The number of guanidine groups is 1. The molecule has 29 heavy (non-hydrogen) atoms. The quantitative estimate of drug-likeness (QED) is 0.769. The first kappa shape index (κ1) is 21.2. The zero-order valence-corrected chi connectivity index (χ0v) is 17.9. The molecule has 0 bridgehead atoms. The number of nitrogens with one attached hydrogen (secondary N) is 2. The maximum atomic E-state index is 14.7. The first-order valence-electron chi connectivity index (χ1n) is 9.19. The van der Waals surface area contributed by atoms with Crippen LogP contribution in [-0.4, -0.2) is 25.7 Å². The first-order valence-corrected chi connectivity index (χ1v) is 10.7. The van der Waals surface area contributed by atoms with E-state index in [0.717, 1.165) is 22.0 Å². The van der Waals surface area contributed by atoms with Crippen molar-refractivity contribution in [3.05, 3.63) is 70.8 Å². The third-order valence-corrected chi connectivity index (χ3v) is 7.75. The van der Waals surface area contributed by atoms with Crippen LogP contribution in [-0.2, 0) is 21.0 Å². The van der Waals surface area contributed by atoms with E-state index in [1.54, 1.807) is 12.1 Å². The molecule has 0 spiro atoms. The standard InChI is InChI=1S/C21H25F2N3O2S/c1-20(2,3)14-8-6-13(7-9-14)18-21(4,16-11-10-15(22)12-17(16)23)25-19(24)26(5)29(18,27)28/h6-12,18H,1-5H3,(H2,24,25)/t18-,21-/m1/s1. The smallest absolute Gasteiger partial charge is 0.246 e. The molecule has 2 aromatic carbocycles. The van der Waals surface area contributed by atoms with Gasteiger partial charge in [-0.25, -0.2) is 21.5 Å². The van der Waals surface area contributed by atoms with Crippen LogP contribution in [0, 0.1) is 17.0 Å². The zero-order chi connectivity index (χ0) is 21.8. The fourth-order valence-electron chi connectivity index (χ4n) is 3.76. The van der Waals surface area contributed by atoms with Crippen molar-refractivity contribution >= 4 is 16.0 Å². The number of sulfonamides is 1. The SMILES string of the molecule is CN1C(=N)N[C@](C)(c2ccc(F)cc2F)[C@@H](c2ccc(C(C)(C)C)cc2)S1(=O)=O. The first-order chi connectivity index (χ1) is 13.3. The third kappa shape index (κ3) is 3.50. The lowest BCUT2D eigenvalue weighted by molar-refractivity contribution is 0.344. The predicted molar refractivity (Wildman–Crippen MR) is 109 cm³/mol. The van der Waals surface area contributed by atoms with Gasteiger partial charge in [-0.2, -0.15) is 0 Å². The summed E-state index contributed by atoms with van der Waals surface area (Å²) < 4.78 is 55.7. The van der Waals surface area contributed by atoms with E-state index in [1.165, 1.54) is 20.0 Å². The highest BCUT2D eigenvalue weighted by atomic mass is 32.2. The second kappa shape index (κ2) is 6.79. The molecule has 8 heteroatoms. The van der Waals surface area contributed by atoms with E-state index in [4.69, 9.17) is 5.41 Å². The zero-order valence-electron chi connectivity index (χ0n) is 17.0. The highest BCUT2D eigenvalue weighted by Gasteiger charge is 2.53. The van der Waals surface area contributed by atoms with Gasteiger partial charge in [0.1, 0.15) is 16.9 Å². The summed E-state index contributed by atoms with van der Waals surface area (Å²) in [6.45, 7) is 7.67. The number of hydrogen-bond acceptors (Lipinski definition) is 3. The van der Waals surface area contributed by atoms with Gasteiger partial charge >= 0.3 is 0 Å². The molecule has 1 aliphatic heterocycles. The van der Waals surface area contributed by atoms with Gasteiger partial charge in [-0.1, -0.05) is 51.1 Å². The molecule has 1 heterocycles. The Hall–Kier alpha value is -2.48. The largest absolute Gasteiger partial charge is 0.345 e. The molecular weight excluding hydrogens is 396 g/mol. The Labute approximate surface area is 170 Å². The van der Waals surface area contributed by atoms with Gasteiger partial charge in [0, 0.05) is 18.7 Å². The lowest BCUT2D eigenvalue weighted by atomic mass is 9.82. The van der Waals surface area contributed by atoms with E-state index in [-0.39, 0.29) is 16.9 Å². The van der Waals surface area contributed by atoms with Crippen molar-refractivity contribution in [1.29, 1.82) is 5.41 Å². The highest BCUT2D eigenvalue weighted by Crippen LogP contribution is 2.45. The van der Waals surface area contributed by atoms with E-state index in [0.29, 0.717) is 5.56 Å². The van der Waals surface area contributed by atoms with E-state index >= 15 is 0 Å². The topological polar surface area (TPSA) is 73.3 Å². The summed E-state index contributed by atoms with van der Waals surface area (Å²) in [6, 6.07) is 10.2. The van der Waals surface area contributed by atoms with Crippen LogP contribution >= 0.6 is 0 Å². The number of halogens is 2. The molecule has 1 aliphatic rings. The van der Waals surface area contributed by atoms with Crippen molar-refractivity contribution in [1.82, 2.24) is 9.62 Å². The summed E-state index contributed by atoms with van der Waals surface area (Å²) in [4.78, 5) is 0. The van der Waals surface area contributed by atoms with Gasteiger partial charge < -0.3 is 5.32 Å². The fraction of sp³-hybridized carbons (Fsp3) is 0.381. The van der Waals surface area contributed by atoms with Gasteiger partial charge in [0.05, 0.1) is 5.54 Å². The number of nitrogens with zero attached hydrogens (tertiary/aromatic N) is 1. The lowest BCUT2D eigenvalue weighted by Crippen LogP contribution is -2.62. The third-order valence-electron chi connectivity index (χ3n) is 5.47. The van der Waals surface area contributed by atoms with Crippen molar-refractivity contribution in [2.24, 2.45) is 0 Å². The normalized spacial score (nSPS) is 24.3. The summed E-state index contributed by atoms with van der Waals surface area (Å²) in [6.07, 6.45) is 0. The van der Waals surface area contributed by atoms with Crippen LogP contribution in [0.5, 0.6) is 0 Å². The van der Waals surface area contributed by atoms with Crippen LogP contribution in [0.3, 0.4) is 0 Å². The Balaban J connectivity index is 2.24. The Morgan fingerprint density at radius 1 is 1.10 bits per heavy atom. The molecule has 3 rings (SSSR count). The molecule has 1 saturated heterocycles. The van der Waals surface area contributed by atoms with Crippen LogP contribution in [0.15, 0.2) is 42.5 Å². The Bertz CT molecular complexity index is 1060. The van der Waals surface area contributed by atoms with Gasteiger partial charge in [0.25, 0.3) is 0 Å². The van der Waals surface area contributed by atoms with Crippen LogP contribution in [0.1, 0.15) is 49.6 Å². The number of rotatable bonds is 2. The summed E-state index contributed by atoms with van der Waals surface area (Å²) in [7, 11) is -2.77. The molecule has 1 fully saturated rings. The molecule has 2 N–H and O–H groups in total. The summed E-state index contributed by atoms with van der Waals surface area (Å²) in [5, 5.41) is 9.69. The molecule has 0 radical (unpaired) electrons. The Kier molecular flexibility index (Phi) is 4.98. The second-order valence-electron chi connectivity index (χ2n) is 8.56.